The van der Waals surface area contributed by atoms with Crippen LogP contribution in [0.25, 0.3) is 0 Å². The normalized spacial score (nSPS) is 10.6. The zero-order valence-corrected chi connectivity index (χ0v) is 17.8. The first-order valence-corrected chi connectivity index (χ1v) is 8.08. The topological polar surface area (TPSA) is 55.7 Å². The Bertz CT molecular complexity index is 379. The molecule has 0 amide bonds. The van der Waals surface area contributed by atoms with Crippen LogP contribution in [-0.2, 0) is 0 Å². The Morgan fingerprint density at radius 2 is 1.08 bits per heavy atom. The Balaban J connectivity index is -0.000000138. The number of halogens is 1. The lowest BCUT2D eigenvalue weighted by molar-refractivity contribution is -0.878. The number of likely N-dealkylation sites (N-methyl/N-ethyl adjacent to an activating group) is 2. The molecule has 5 nitrogen and oxygen atoms in total. The first kappa shape index (κ1) is 32.0. The van der Waals surface area contributed by atoms with Gasteiger partial charge in [-0.15, -0.1) is 0 Å². The van der Waals surface area contributed by atoms with E-state index in [4.69, 9.17) is 5.11 Å². The van der Waals surface area contributed by atoms with Crippen LogP contribution in [0.3, 0.4) is 0 Å². The second kappa shape index (κ2) is 19.7. The summed E-state index contributed by atoms with van der Waals surface area (Å²) in [7, 11) is 8.62. The fraction of sp³-hybridized carbons (Fsp3) is 0.450. The molecule has 0 aromatic carbocycles. The monoisotopic (exact) mass is 387 g/mol. The van der Waals surface area contributed by atoms with E-state index in [0.717, 1.165) is 41.2 Å². The molecule has 0 radical (unpaired) electrons. The van der Waals surface area contributed by atoms with E-state index in [1.807, 2.05) is 24.3 Å². The highest BCUT2D eigenvalue weighted by atomic mass is 35.5. The van der Waals surface area contributed by atoms with Gasteiger partial charge in [-0.3, -0.25) is 4.99 Å². The summed E-state index contributed by atoms with van der Waals surface area (Å²) >= 11 is 0. The highest BCUT2D eigenvalue weighted by Gasteiger charge is 2.08. The third kappa shape index (κ3) is 27.2. The molecule has 0 rings (SSSR count). The number of nitrogens with zero attached hydrogens (tertiary/aromatic N) is 3. The molecular weight excluding hydrogens is 350 g/mol. The minimum atomic E-state index is -0.484. The van der Waals surface area contributed by atoms with Crippen LogP contribution < -0.4 is 17.5 Å². The van der Waals surface area contributed by atoms with Crippen molar-refractivity contribution in [2.75, 3.05) is 61.1 Å². The second-order valence-electron chi connectivity index (χ2n) is 6.60. The Labute approximate surface area is 167 Å². The van der Waals surface area contributed by atoms with Crippen molar-refractivity contribution in [1.82, 2.24) is 0 Å². The van der Waals surface area contributed by atoms with Crippen LogP contribution in [0, 0.1) is 0 Å². The predicted molar refractivity (Wildman–Crippen MR) is 109 cm³/mol. The maximum atomic E-state index is 9.97. The molecule has 0 spiro atoms. The summed E-state index contributed by atoms with van der Waals surface area (Å²) in [6, 6.07) is 0. The molecule has 0 aromatic rings. The van der Waals surface area contributed by atoms with Gasteiger partial charge in [0.15, 0.2) is 0 Å². The third-order valence-electron chi connectivity index (χ3n) is 2.89. The van der Waals surface area contributed by atoms with Crippen molar-refractivity contribution in [2.24, 2.45) is 4.99 Å². The zero-order valence-electron chi connectivity index (χ0n) is 17.0. The van der Waals surface area contributed by atoms with Crippen LogP contribution in [0.5, 0.6) is 0 Å². The Morgan fingerprint density at radius 1 is 0.808 bits per heavy atom. The first-order valence-electron chi connectivity index (χ1n) is 8.08. The number of quaternary nitrogens is 2. The molecular formula is C20H38ClN3O2. The van der Waals surface area contributed by atoms with E-state index in [-0.39, 0.29) is 12.4 Å². The van der Waals surface area contributed by atoms with Gasteiger partial charge in [-0.1, -0.05) is 39.0 Å². The van der Waals surface area contributed by atoms with Gasteiger partial charge in [-0.25, -0.2) is 0 Å². The number of hydrogen-bond acceptors (Lipinski definition) is 3. The largest absolute Gasteiger partial charge is 1.00 e. The van der Waals surface area contributed by atoms with E-state index in [0.29, 0.717) is 0 Å². The second-order valence-corrected chi connectivity index (χ2v) is 6.60. The molecule has 0 aromatic heterocycles. The Hall–Kier alpha value is -1.66. The summed E-state index contributed by atoms with van der Waals surface area (Å²) in [5, 5.41) is 17.9. The molecule has 0 aliphatic heterocycles. The molecule has 0 aliphatic carbocycles. The molecule has 0 bridgehead atoms. The maximum Gasteiger partial charge on any atom is 0.133 e. The number of aliphatic imine (C=N–C) groups is 1. The van der Waals surface area contributed by atoms with E-state index >= 15 is 0 Å². The van der Waals surface area contributed by atoms with Crippen LogP contribution in [0.1, 0.15) is 0 Å². The van der Waals surface area contributed by atoms with E-state index < -0.39 is 12.6 Å². The van der Waals surface area contributed by atoms with Crippen molar-refractivity contribution < 1.29 is 31.6 Å². The predicted octanol–water partition coefficient (Wildman–Crippen LogP) is -1.25. The van der Waals surface area contributed by atoms with Crippen molar-refractivity contribution in [3.8, 4) is 0 Å². The number of aliphatic hydroxyl groups is 1. The van der Waals surface area contributed by atoms with Crippen molar-refractivity contribution in [3.63, 3.8) is 0 Å². The summed E-state index contributed by atoms with van der Waals surface area (Å²) in [6.45, 7) is 21.4. The number of rotatable bonds is 10. The lowest BCUT2D eigenvalue weighted by Gasteiger charge is -2.26. The van der Waals surface area contributed by atoms with Gasteiger partial charge in [0.1, 0.15) is 6.73 Å². The van der Waals surface area contributed by atoms with Crippen molar-refractivity contribution in [1.29, 1.82) is 0 Å². The van der Waals surface area contributed by atoms with Gasteiger partial charge >= 0.3 is 0 Å². The van der Waals surface area contributed by atoms with E-state index in [9.17, 15) is 5.11 Å². The van der Waals surface area contributed by atoms with Crippen LogP contribution >= 0.6 is 0 Å². The van der Waals surface area contributed by atoms with Crippen molar-refractivity contribution >= 4 is 5.90 Å². The first-order chi connectivity index (χ1) is 11.6. The van der Waals surface area contributed by atoms with Crippen LogP contribution in [0.2, 0.25) is 0 Å². The molecule has 0 aliphatic rings. The Morgan fingerprint density at radius 3 is 1.19 bits per heavy atom. The summed E-state index contributed by atoms with van der Waals surface area (Å²) in [4.78, 5) is 3.04. The van der Waals surface area contributed by atoms with E-state index in [2.05, 4.69) is 66.1 Å². The molecule has 0 saturated heterocycles. The molecule has 0 unspecified atom stereocenters. The van der Waals surface area contributed by atoms with Gasteiger partial charge in [0.05, 0.1) is 54.4 Å². The fourth-order valence-electron chi connectivity index (χ4n) is 1.68. The van der Waals surface area contributed by atoms with Gasteiger partial charge in [0, 0.05) is 0 Å². The highest BCUT2D eigenvalue weighted by molar-refractivity contribution is 5.82. The molecule has 1 N–H and O–H groups in total. The summed E-state index contributed by atoms with van der Waals surface area (Å²) < 4.78 is 1.90. The maximum absolute atomic E-state index is 9.97. The average molecular weight is 388 g/mol. The van der Waals surface area contributed by atoms with Crippen LogP contribution in [0.4, 0.5) is 0 Å². The molecule has 0 saturated carbocycles. The van der Waals surface area contributed by atoms with Crippen molar-refractivity contribution in [3.05, 3.63) is 63.3 Å². The fourth-order valence-corrected chi connectivity index (χ4v) is 1.68. The number of aliphatic hydroxyl groups excluding tert-OH is 1. The van der Waals surface area contributed by atoms with Gasteiger partial charge in [-0.05, 0) is 30.2 Å². The van der Waals surface area contributed by atoms with Gasteiger partial charge in [0.2, 0.25) is 0 Å². The standard InChI is InChI=1S/2C8H16N.C4H7NO2.ClH/c2*1-5-7-9(3,4)8-6-2;1-2-4(7)5-3-6;/h2*5-6H,1-2,7-8H2,3-4H3;2,6H,1,3H2,(H,5,7);1H/q2*+1;;/p-2. The lowest BCUT2D eigenvalue weighted by atomic mass is 10.4. The van der Waals surface area contributed by atoms with Crippen LogP contribution in [0.15, 0.2) is 68.3 Å². The van der Waals surface area contributed by atoms with Gasteiger partial charge < -0.3 is 31.6 Å². The van der Waals surface area contributed by atoms with Crippen LogP contribution in [-0.4, -0.2) is 81.1 Å². The Kier molecular flexibility index (Phi) is 24.2. The van der Waals surface area contributed by atoms with Gasteiger partial charge in [-0.2, -0.15) is 0 Å². The molecule has 152 valence electrons. The molecule has 0 atom stereocenters. The lowest BCUT2D eigenvalue weighted by Crippen LogP contribution is -3.00. The highest BCUT2D eigenvalue weighted by Crippen LogP contribution is 1.95. The minimum Gasteiger partial charge on any atom is -1.00 e. The zero-order chi connectivity index (χ0) is 20.4. The van der Waals surface area contributed by atoms with Gasteiger partial charge in [0.25, 0.3) is 0 Å². The smallest absolute Gasteiger partial charge is 0.133 e. The molecule has 6 heteroatoms. The third-order valence-corrected chi connectivity index (χ3v) is 2.89. The van der Waals surface area contributed by atoms with E-state index in [1.54, 1.807) is 0 Å². The van der Waals surface area contributed by atoms with E-state index in [1.165, 1.54) is 0 Å². The molecule has 0 heterocycles. The van der Waals surface area contributed by atoms with Crippen molar-refractivity contribution in [2.45, 2.75) is 0 Å². The molecule has 26 heavy (non-hydrogen) atoms. The quantitative estimate of drug-likeness (QED) is 0.220. The number of hydrogen-bond donors (Lipinski definition) is 1. The summed E-state index contributed by atoms with van der Waals surface area (Å²) in [5.41, 5.74) is 0. The SMILES string of the molecule is C=CC([O-])=NCO.C=CC[N+](C)(C)CC=C.C=CC[N+](C)(C)CC=C.[Cl-]. The minimum absolute atomic E-state index is 0. The average Bonchev–Trinajstić information content (AvgIpc) is 2.48. The summed E-state index contributed by atoms with van der Waals surface area (Å²) in [6.07, 6.45) is 8.77. The summed E-state index contributed by atoms with van der Waals surface area (Å²) in [5.74, 6) is -0.484. The molecule has 0 fully saturated rings.